The van der Waals surface area contributed by atoms with E-state index in [2.05, 4.69) is 26.6 Å². The Morgan fingerprint density at radius 3 is 2.85 bits per heavy atom. The highest BCUT2D eigenvalue weighted by Crippen LogP contribution is 2.36. The Bertz CT molecular complexity index is 891. The van der Waals surface area contributed by atoms with Crippen molar-refractivity contribution in [2.24, 2.45) is 0 Å². The van der Waals surface area contributed by atoms with Crippen molar-refractivity contribution >= 4 is 62.3 Å². The molecule has 1 aliphatic heterocycles. The molecule has 1 atom stereocenters. The summed E-state index contributed by atoms with van der Waals surface area (Å²) in [4.78, 5) is 23.8. The summed E-state index contributed by atoms with van der Waals surface area (Å²) < 4.78 is 11.6. The number of anilines is 2. The third-order valence-electron chi connectivity index (χ3n) is 3.53. The molecule has 1 aliphatic rings. The number of hydrogen-bond donors (Lipinski definition) is 2. The third kappa shape index (κ3) is 4.23. The lowest BCUT2D eigenvalue weighted by Crippen LogP contribution is -2.30. The maximum Gasteiger partial charge on any atom is 0.265 e. The van der Waals surface area contributed by atoms with Crippen LogP contribution in [-0.2, 0) is 9.59 Å². The van der Waals surface area contributed by atoms with Crippen LogP contribution in [0, 0.1) is 0 Å². The molecule has 0 spiro atoms. The molecule has 1 unspecified atom stereocenters. The van der Waals surface area contributed by atoms with E-state index < -0.39 is 12.0 Å². The van der Waals surface area contributed by atoms with Crippen molar-refractivity contribution < 1.29 is 19.1 Å². The summed E-state index contributed by atoms with van der Waals surface area (Å²) in [5.41, 5.74) is 0.816. The normalized spacial score (nSPS) is 13.9. The topological polar surface area (TPSA) is 76.7 Å². The second-order valence-corrected chi connectivity index (χ2v) is 7.19. The first-order valence-corrected chi connectivity index (χ1v) is 9.07. The van der Waals surface area contributed by atoms with E-state index in [0.717, 1.165) is 0 Å². The molecule has 2 aromatic rings. The summed E-state index contributed by atoms with van der Waals surface area (Å²) >= 11 is 15.4. The average molecular weight is 460 g/mol. The van der Waals surface area contributed by atoms with Crippen molar-refractivity contribution in [1.29, 1.82) is 0 Å². The molecule has 0 aliphatic carbocycles. The number of amides is 2. The van der Waals surface area contributed by atoms with Crippen LogP contribution in [-0.4, -0.2) is 24.5 Å². The Labute approximate surface area is 167 Å². The SMILES string of the molecule is CC(Oc1ccc(Cl)cc1Br)C(=O)Nc1cc2c(cc1Cl)NC(=O)CO2. The number of ether oxygens (including phenoxy) is 2. The van der Waals surface area contributed by atoms with Gasteiger partial charge in [-0.2, -0.15) is 0 Å². The van der Waals surface area contributed by atoms with E-state index in [-0.39, 0.29) is 17.5 Å². The lowest BCUT2D eigenvalue weighted by Gasteiger charge is -2.20. The number of fused-ring (bicyclic) bond motifs is 1. The first kappa shape index (κ1) is 18.8. The van der Waals surface area contributed by atoms with Gasteiger partial charge in [-0.15, -0.1) is 0 Å². The van der Waals surface area contributed by atoms with Crippen LogP contribution in [0.1, 0.15) is 6.92 Å². The highest BCUT2D eigenvalue weighted by atomic mass is 79.9. The van der Waals surface area contributed by atoms with Crippen LogP contribution in [0.25, 0.3) is 0 Å². The number of hydrogen-bond acceptors (Lipinski definition) is 4. The first-order valence-electron chi connectivity index (χ1n) is 7.52. The van der Waals surface area contributed by atoms with E-state index in [4.69, 9.17) is 32.7 Å². The molecule has 0 bridgehead atoms. The molecule has 136 valence electrons. The molecule has 2 N–H and O–H groups in total. The van der Waals surface area contributed by atoms with Gasteiger partial charge >= 0.3 is 0 Å². The monoisotopic (exact) mass is 458 g/mol. The zero-order valence-electron chi connectivity index (χ0n) is 13.4. The molecule has 0 saturated carbocycles. The van der Waals surface area contributed by atoms with E-state index in [0.29, 0.717) is 32.4 Å². The van der Waals surface area contributed by atoms with Crippen LogP contribution < -0.4 is 20.1 Å². The van der Waals surface area contributed by atoms with E-state index in [9.17, 15) is 9.59 Å². The smallest absolute Gasteiger partial charge is 0.265 e. The summed E-state index contributed by atoms with van der Waals surface area (Å²) in [5.74, 6) is 0.257. The van der Waals surface area contributed by atoms with Gasteiger partial charge in [0, 0.05) is 11.1 Å². The second kappa shape index (κ2) is 7.73. The van der Waals surface area contributed by atoms with Crippen molar-refractivity contribution in [2.45, 2.75) is 13.0 Å². The standard InChI is InChI=1S/C17H13BrCl2N2O4/c1-8(26-14-3-2-9(19)4-10(14)18)17(24)22-12-6-15-13(5-11(12)20)21-16(23)7-25-15/h2-6,8H,7H2,1H3,(H,21,23)(H,22,24). The fourth-order valence-corrected chi connectivity index (χ4v) is 3.23. The fourth-order valence-electron chi connectivity index (χ4n) is 2.24. The van der Waals surface area contributed by atoms with Crippen LogP contribution >= 0.6 is 39.1 Å². The molecule has 3 rings (SSSR count). The summed E-state index contributed by atoms with van der Waals surface area (Å²) in [6.07, 6.45) is -0.791. The number of carbonyl (C=O) groups is 2. The zero-order valence-corrected chi connectivity index (χ0v) is 16.5. The van der Waals surface area contributed by atoms with Crippen LogP contribution in [0.4, 0.5) is 11.4 Å². The van der Waals surface area contributed by atoms with Gasteiger partial charge in [-0.3, -0.25) is 9.59 Å². The number of benzene rings is 2. The predicted octanol–water partition coefficient (Wildman–Crippen LogP) is 4.49. The summed E-state index contributed by atoms with van der Waals surface area (Å²) in [6.45, 7) is 1.52. The Kier molecular flexibility index (Phi) is 5.60. The average Bonchev–Trinajstić information content (AvgIpc) is 2.58. The van der Waals surface area contributed by atoms with Crippen molar-refractivity contribution in [3.8, 4) is 11.5 Å². The quantitative estimate of drug-likeness (QED) is 0.705. The molecule has 6 nitrogen and oxygen atoms in total. The molecule has 26 heavy (non-hydrogen) atoms. The van der Waals surface area contributed by atoms with Crippen LogP contribution in [0.15, 0.2) is 34.8 Å². The Balaban J connectivity index is 1.72. The minimum Gasteiger partial charge on any atom is -0.482 e. The van der Waals surface area contributed by atoms with Gasteiger partial charge in [-0.25, -0.2) is 0 Å². The van der Waals surface area contributed by atoms with Crippen molar-refractivity contribution in [2.75, 3.05) is 17.2 Å². The van der Waals surface area contributed by atoms with Crippen LogP contribution in [0.3, 0.4) is 0 Å². The van der Waals surface area contributed by atoms with Crippen molar-refractivity contribution in [3.63, 3.8) is 0 Å². The van der Waals surface area contributed by atoms with E-state index in [1.54, 1.807) is 31.2 Å². The lowest BCUT2D eigenvalue weighted by molar-refractivity contribution is -0.122. The van der Waals surface area contributed by atoms with Crippen LogP contribution in [0.2, 0.25) is 10.0 Å². The number of nitrogens with one attached hydrogen (secondary N) is 2. The maximum atomic E-state index is 12.4. The summed E-state index contributed by atoms with van der Waals surface area (Å²) in [6, 6.07) is 8.08. The van der Waals surface area contributed by atoms with Crippen molar-refractivity contribution in [1.82, 2.24) is 0 Å². The first-order chi connectivity index (χ1) is 12.3. The van der Waals surface area contributed by atoms with Gasteiger partial charge in [-0.05, 0) is 47.1 Å². The van der Waals surface area contributed by atoms with Gasteiger partial charge in [0.15, 0.2) is 12.7 Å². The van der Waals surface area contributed by atoms with E-state index in [1.807, 2.05) is 0 Å². The van der Waals surface area contributed by atoms with Gasteiger partial charge < -0.3 is 20.1 Å². The van der Waals surface area contributed by atoms with Gasteiger partial charge in [0.25, 0.3) is 11.8 Å². The highest BCUT2D eigenvalue weighted by molar-refractivity contribution is 9.10. The van der Waals surface area contributed by atoms with Gasteiger partial charge in [0.05, 0.1) is 20.9 Å². The Morgan fingerprint density at radius 1 is 1.35 bits per heavy atom. The molecule has 1 heterocycles. The number of halogens is 3. The second-order valence-electron chi connectivity index (χ2n) is 5.49. The molecular weight excluding hydrogens is 447 g/mol. The van der Waals surface area contributed by atoms with Crippen LogP contribution in [0.5, 0.6) is 11.5 Å². The largest absolute Gasteiger partial charge is 0.482 e. The minimum absolute atomic E-state index is 0.0911. The van der Waals surface area contributed by atoms with E-state index in [1.165, 1.54) is 6.07 Å². The Morgan fingerprint density at radius 2 is 2.12 bits per heavy atom. The lowest BCUT2D eigenvalue weighted by atomic mass is 10.2. The molecular formula is C17H13BrCl2N2O4. The maximum absolute atomic E-state index is 12.4. The number of carbonyl (C=O) groups excluding carboxylic acids is 2. The van der Waals surface area contributed by atoms with Gasteiger partial charge in [0.1, 0.15) is 11.5 Å². The van der Waals surface area contributed by atoms with Gasteiger partial charge in [0.2, 0.25) is 0 Å². The highest BCUT2D eigenvalue weighted by Gasteiger charge is 2.21. The number of rotatable bonds is 4. The molecule has 0 saturated heterocycles. The molecule has 0 radical (unpaired) electrons. The molecule has 0 fully saturated rings. The van der Waals surface area contributed by atoms with E-state index >= 15 is 0 Å². The molecule has 2 amide bonds. The summed E-state index contributed by atoms with van der Waals surface area (Å²) in [5, 5.41) is 6.15. The zero-order chi connectivity index (χ0) is 18.8. The Hall–Kier alpha value is -1.96. The predicted molar refractivity (Wildman–Crippen MR) is 103 cm³/mol. The minimum atomic E-state index is -0.791. The fraction of sp³-hybridized carbons (Fsp3) is 0.176. The third-order valence-corrected chi connectivity index (χ3v) is 4.69. The van der Waals surface area contributed by atoms with Crippen molar-refractivity contribution in [3.05, 3.63) is 44.8 Å². The molecule has 9 heteroatoms. The van der Waals surface area contributed by atoms with Gasteiger partial charge in [-0.1, -0.05) is 23.2 Å². The molecule has 0 aromatic heterocycles. The molecule has 2 aromatic carbocycles. The summed E-state index contributed by atoms with van der Waals surface area (Å²) in [7, 11) is 0.